The SMILES string of the molecule is CC(C)(C)OC(=O)N(CCCCCCCCCC(=O)Nc1ccc2c(c1)CN(C1CCC(O)NC1=O)C2=O)C1CCC(N=[N+]=[N-])CC1. The number of anilines is 1. The van der Waals surface area contributed by atoms with Crippen LogP contribution in [0.2, 0.25) is 0 Å². The fourth-order valence-electron chi connectivity index (χ4n) is 6.73. The highest BCUT2D eigenvalue weighted by molar-refractivity contribution is 6.02. The number of ether oxygens (including phenoxy) is 1. The summed E-state index contributed by atoms with van der Waals surface area (Å²) < 4.78 is 5.70. The number of carbonyl (C=O) groups is 4. The van der Waals surface area contributed by atoms with Gasteiger partial charge in [0.05, 0.1) is 0 Å². The molecule has 1 saturated carbocycles. The number of carbonyl (C=O) groups excluding carboxylic acids is 4. The third kappa shape index (κ3) is 10.6. The van der Waals surface area contributed by atoms with Crippen molar-refractivity contribution in [3.8, 4) is 0 Å². The van der Waals surface area contributed by atoms with Gasteiger partial charge in [0.1, 0.15) is 17.9 Å². The van der Waals surface area contributed by atoms with Crippen molar-refractivity contribution < 1.29 is 29.0 Å². The Bertz CT molecular complexity index is 1320. The number of aliphatic hydroxyl groups excluding tert-OH is 1. The number of nitrogens with zero attached hydrogens (tertiary/aromatic N) is 5. The smallest absolute Gasteiger partial charge is 0.410 e. The summed E-state index contributed by atoms with van der Waals surface area (Å²) in [5.41, 5.74) is 10.1. The molecule has 258 valence electrons. The molecule has 4 amide bonds. The second kappa shape index (κ2) is 16.8. The maximum Gasteiger partial charge on any atom is 0.410 e. The van der Waals surface area contributed by atoms with Gasteiger partial charge in [0.2, 0.25) is 11.8 Å². The Hall–Kier alpha value is -3.83. The summed E-state index contributed by atoms with van der Waals surface area (Å²) in [6.45, 7) is 6.59. The number of benzene rings is 1. The molecule has 0 spiro atoms. The zero-order valence-corrected chi connectivity index (χ0v) is 28.1. The van der Waals surface area contributed by atoms with E-state index in [1.54, 1.807) is 18.2 Å². The van der Waals surface area contributed by atoms with Gasteiger partial charge in [0, 0.05) is 47.8 Å². The van der Waals surface area contributed by atoms with E-state index < -0.39 is 17.9 Å². The van der Waals surface area contributed by atoms with Gasteiger partial charge in [0.15, 0.2) is 0 Å². The molecule has 2 aliphatic heterocycles. The second-order valence-electron chi connectivity index (χ2n) is 14.0. The van der Waals surface area contributed by atoms with Gasteiger partial charge in [-0.1, -0.05) is 37.2 Å². The molecule has 13 nitrogen and oxygen atoms in total. The summed E-state index contributed by atoms with van der Waals surface area (Å²) >= 11 is 0. The van der Waals surface area contributed by atoms with Crippen LogP contribution >= 0.6 is 0 Å². The number of azide groups is 1. The molecule has 2 atom stereocenters. The van der Waals surface area contributed by atoms with Crippen molar-refractivity contribution in [1.29, 1.82) is 0 Å². The third-order valence-electron chi connectivity index (χ3n) is 9.18. The number of amides is 4. The monoisotopic (exact) mass is 653 g/mol. The van der Waals surface area contributed by atoms with E-state index in [0.29, 0.717) is 43.6 Å². The molecule has 2 heterocycles. The first-order valence-electron chi connectivity index (χ1n) is 17.2. The molecule has 1 saturated heterocycles. The molecule has 47 heavy (non-hydrogen) atoms. The highest BCUT2D eigenvalue weighted by Gasteiger charge is 2.39. The minimum Gasteiger partial charge on any atom is -0.444 e. The zero-order valence-electron chi connectivity index (χ0n) is 28.1. The van der Waals surface area contributed by atoms with Crippen molar-refractivity contribution in [3.63, 3.8) is 0 Å². The van der Waals surface area contributed by atoms with Gasteiger partial charge in [-0.2, -0.15) is 0 Å². The topological polar surface area (TPSA) is 177 Å². The van der Waals surface area contributed by atoms with Crippen LogP contribution in [0, 0.1) is 0 Å². The number of unbranched alkanes of at least 4 members (excludes halogenated alkanes) is 6. The van der Waals surface area contributed by atoms with Gasteiger partial charge < -0.3 is 30.3 Å². The molecule has 2 fully saturated rings. The molecule has 13 heteroatoms. The van der Waals surface area contributed by atoms with Crippen LogP contribution in [0.25, 0.3) is 10.4 Å². The van der Waals surface area contributed by atoms with Crippen molar-refractivity contribution in [2.45, 2.75) is 147 Å². The Morgan fingerprint density at radius 3 is 2.38 bits per heavy atom. The fourth-order valence-corrected chi connectivity index (χ4v) is 6.73. The van der Waals surface area contributed by atoms with E-state index in [4.69, 9.17) is 10.3 Å². The van der Waals surface area contributed by atoms with Crippen molar-refractivity contribution in [1.82, 2.24) is 15.1 Å². The highest BCUT2D eigenvalue weighted by Crippen LogP contribution is 2.30. The molecule has 1 aromatic carbocycles. The molecule has 0 bridgehead atoms. The average molecular weight is 654 g/mol. The lowest BCUT2D eigenvalue weighted by Gasteiger charge is -2.37. The van der Waals surface area contributed by atoms with E-state index in [-0.39, 0.29) is 35.9 Å². The van der Waals surface area contributed by atoms with Crippen LogP contribution in [0.3, 0.4) is 0 Å². The zero-order chi connectivity index (χ0) is 34.0. The highest BCUT2D eigenvalue weighted by atomic mass is 16.6. The summed E-state index contributed by atoms with van der Waals surface area (Å²) in [5, 5.41) is 18.9. The van der Waals surface area contributed by atoms with Gasteiger partial charge in [-0.25, -0.2) is 4.79 Å². The Kier molecular flexibility index (Phi) is 12.9. The number of piperidine rings is 1. The normalized spacial score (nSPS) is 22.6. The average Bonchev–Trinajstić information content (AvgIpc) is 3.33. The van der Waals surface area contributed by atoms with Gasteiger partial charge in [-0.3, -0.25) is 14.4 Å². The maximum atomic E-state index is 13.0. The van der Waals surface area contributed by atoms with Gasteiger partial charge in [0.25, 0.3) is 5.91 Å². The van der Waals surface area contributed by atoms with E-state index in [9.17, 15) is 24.3 Å². The van der Waals surface area contributed by atoms with Crippen molar-refractivity contribution in [3.05, 3.63) is 39.8 Å². The summed E-state index contributed by atoms with van der Waals surface area (Å²) in [6.07, 6.45) is 10.1. The predicted molar refractivity (Wildman–Crippen MR) is 177 cm³/mol. The lowest BCUT2D eigenvalue weighted by Crippen LogP contribution is -2.54. The lowest BCUT2D eigenvalue weighted by atomic mass is 9.90. The maximum absolute atomic E-state index is 13.0. The van der Waals surface area contributed by atoms with Crippen molar-refractivity contribution in [2.75, 3.05) is 11.9 Å². The number of nitrogens with one attached hydrogen (secondary N) is 2. The van der Waals surface area contributed by atoms with E-state index in [0.717, 1.165) is 76.2 Å². The van der Waals surface area contributed by atoms with Crippen LogP contribution in [-0.2, 0) is 20.9 Å². The lowest BCUT2D eigenvalue weighted by molar-refractivity contribution is -0.132. The van der Waals surface area contributed by atoms with Crippen LogP contribution in [0.5, 0.6) is 0 Å². The van der Waals surface area contributed by atoms with E-state index in [1.807, 2.05) is 25.7 Å². The van der Waals surface area contributed by atoms with Crippen LogP contribution in [0.4, 0.5) is 10.5 Å². The third-order valence-corrected chi connectivity index (χ3v) is 9.18. The summed E-state index contributed by atoms with van der Waals surface area (Å²) in [5.74, 6) is -0.621. The quantitative estimate of drug-likeness (QED) is 0.0937. The minimum absolute atomic E-state index is 0.0101. The van der Waals surface area contributed by atoms with Crippen molar-refractivity contribution >= 4 is 29.5 Å². The van der Waals surface area contributed by atoms with Crippen LogP contribution in [-0.4, -0.2) is 75.2 Å². The Balaban J connectivity index is 1.11. The molecular formula is C34H51N7O6. The van der Waals surface area contributed by atoms with Gasteiger partial charge in [-0.15, -0.1) is 0 Å². The number of rotatable bonds is 14. The summed E-state index contributed by atoms with van der Waals surface area (Å²) in [7, 11) is 0. The second-order valence-corrected chi connectivity index (χ2v) is 14.0. The van der Waals surface area contributed by atoms with Crippen LogP contribution in [0.15, 0.2) is 23.3 Å². The number of aliphatic hydroxyl groups is 1. The molecule has 1 aromatic rings. The van der Waals surface area contributed by atoms with E-state index in [2.05, 4.69) is 20.7 Å². The molecule has 2 unspecified atom stereocenters. The van der Waals surface area contributed by atoms with Crippen LogP contribution in [0.1, 0.15) is 127 Å². The van der Waals surface area contributed by atoms with Crippen LogP contribution < -0.4 is 10.6 Å². The van der Waals surface area contributed by atoms with Gasteiger partial charge >= 0.3 is 6.09 Å². The molecule has 1 aliphatic carbocycles. The van der Waals surface area contributed by atoms with Gasteiger partial charge in [-0.05, 0) is 101 Å². The first-order valence-corrected chi connectivity index (χ1v) is 17.2. The number of hydrogen-bond acceptors (Lipinski definition) is 7. The molecule has 0 radical (unpaired) electrons. The largest absolute Gasteiger partial charge is 0.444 e. The molecule has 4 rings (SSSR count). The summed E-state index contributed by atoms with van der Waals surface area (Å²) in [6, 6.07) is 4.74. The predicted octanol–water partition coefficient (Wildman–Crippen LogP) is 6.16. The first kappa shape index (κ1) is 36.0. The minimum atomic E-state index is -0.871. The molecular weight excluding hydrogens is 602 g/mol. The Morgan fingerprint density at radius 1 is 1.04 bits per heavy atom. The molecule has 0 aromatic heterocycles. The Morgan fingerprint density at radius 2 is 1.72 bits per heavy atom. The standard InChI is InChI=1S/C34H51N7O6/c1-34(2,3)47-33(46)40(26-15-12-24(13-16-26)38-39-35)20-10-8-6-4-5-7-9-11-29(42)36-25-14-17-27-23(21-25)22-41(32(27)45)28-18-19-30(43)37-31(28)44/h14,17,21,24,26,28,30,43H,4-13,15-16,18-20,22H2,1-3H3,(H,36,42)(H,37,44). The van der Waals surface area contributed by atoms with E-state index >= 15 is 0 Å². The van der Waals surface area contributed by atoms with Crippen molar-refractivity contribution in [2.24, 2.45) is 5.11 Å². The Labute approximate surface area is 277 Å². The number of fused-ring (bicyclic) bond motifs is 1. The molecule has 3 N–H and O–H groups in total. The number of hydrogen-bond donors (Lipinski definition) is 3. The molecule has 3 aliphatic rings. The first-order chi connectivity index (χ1) is 22.4. The van der Waals surface area contributed by atoms with E-state index in [1.165, 1.54) is 4.90 Å². The summed E-state index contributed by atoms with van der Waals surface area (Å²) in [4.78, 5) is 57.2. The fraction of sp³-hybridized carbons (Fsp3) is 0.706.